The molecular weight excluding hydrogens is 226 g/mol. The Kier molecular flexibility index (Phi) is 2.76. The molecule has 1 aliphatic rings. The van der Waals surface area contributed by atoms with Crippen LogP contribution in [0.4, 0.5) is 5.69 Å². The molecule has 0 amide bonds. The average Bonchev–Trinajstić information content (AvgIpc) is 2.81. The van der Waals surface area contributed by atoms with E-state index in [4.69, 9.17) is 5.73 Å². The second-order valence-corrected chi connectivity index (χ2v) is 4.84. The van der Waals surface area contributed by atoms with Crippen molar-refractivity contribution in [2.24, 2.45) is 0 Å². The number of aromatic nitrogens is 3. The van der Waals surface area contributed by atoms with Crippen molar-refractivity contribution < 1.29 is 0 Å². The van der Waals surface area contributed by atoms with Crippen LogP contribution in [0, 0.1) is 6.92 Å². The van der Waals surface area contributed by atoms with Crippen LogP contribution < -0.4 is 5.73 Å². The van der Waals surface area contributed by atoms with Crippen LogP contribution in [-0.4, -0.2) is 26.2 Å². The average molecular weight is 243 g/mol. The number of rotatable bonds is 2. The van der Waals surface area contributed by atoms with Gasteiger partial charge in [-0.25, -0.2) is 0 Å². The van der Waals surface area contributed by atoms with Crippen molar-refractivity contribution >= 4 is 5.69 Å². The molecule has 0 spiro atoms. The number of nitrogens with two attached hydrogens (primary N) is 1. The summed E-state index contributed by atoms with van der Waals surface area (Å²) in [5.41, 5.74) is 9.14. The maximum absolute atomic E-state index is 5.84. The highest BCUT2D eigenvalue weighted by Crippen LogP contribution is 2.17. The van der Waals surface area contributed by atoms with E-state index in [2.05, 4.69) is 31.8 Å². The predicted molar refractivity (Wildman–Crippen MR) is 69.7 cm³/mol. The first kappa shape index (κ1) is 11.2. The fraction of sp³-hybridized carbons (Fsp3) is 0.385. The molecule has 0 atom stereocenters. The number of aryl methyl sites for hydroxylation is 1. The van der Waals surface area contributed by atoms with Gasteiger partial charge in [0.25, 0.3) is 0 Å². The van der Waals surface area contributed by atoms with E-state index in [-0.39, 0.29) is 0 Å². The zero-order chi connectivity index (χ0) is 12.5. The lowest BCUT2D eigenvalue weighted by Crippen LogP contribution is -2.33. The SMILES string of the molecule is Cc1cc(CN2CCn3cnnc3C2)ccc1N. The van der Waals surface area contributed by atoms with E-state index < -0.39 is 0 Å². The maximum Gasteiger partial charge on any atom is 0.147 e. The van der Waals surface area contributed by atoms with Gasteiger partial charge in [0.15, 0.2) is 0 Å². The summed E-state index contributed by atoms with van der Waals surface area (Å²) in [6, 6.07) is 6.24. The number of anilines is 1. The first-order valence-corrected chi connectivity index (χ1v) is 6.16. The largest absolute Gasteiger partial charge is 0.399 e. The van der Waals surface area contributed by atoms with Crippen LogP contribution in [0.5, 0.6) is 0 Å². The van der Waals surface area contributed by atoms with E-state index in [0.717, 1.165) is 43.3 Å². The predicted octanol–water partition coefficient (Wildman–Crippen LogP) is 1.18. The second-order valence-electron chi connectivity index (χ2n) is 4.84. The smallest absolute Gasteiger partial charge is 0.147 e. The Labute approximate surface area is 106 Å². The van der Waals surface area contributed by atoms with Crippen molar-refractivity contribution in [3.05, 3.63) is 41.5 Å². The summed E-state index contributed by atoms with van der Waals surface area (Å²) >= 11 is 0. The van der Waals surface area contributed by atoms with Crippen LogP contribution >= 0.6 is 0 Å². The van der Waals surface area contributed by atoms with Crippen molar-refractivity contribution in [2.75, 3.05) is 12.3 Å². The van der Waals surface area contributed by atoms with Gasteiger partial charge < -0.3 is 10.3 Å². The molecule has 5 heteroatoms. The highest BCUT2D eigenvalue weighted by molar-refractivity contribution is 5.47. The topological polar surface area (TPSA) is 60.0 Å². The van der Waals surface area contributed by atoms with E-state index in [0.29, 0.717) is 0 Å². The normalized spacial score (nSPS) is 15.6. The van der Waals surface area contributed by atoms with Gasteiger partial charge in [0.05, 0.1) is 6.54 Å². The molecule has 18 heavy (non-hydrogen) atoms. The van der Waals surface area contributed by atoms with Crippen LogP contribution in [0.15, 0.2) is 24.5 Å². The molecule has 0 radical (unpaired) electrons. The molecule has 0 bridgehead atoms. The monoisotopic (exact) mass is 243 g/mol. The van der Waals surface area contributed by atoms with E-state index in [1.807, 2.05) is 13.0 Å². The molecule has 0 saturated heterocycles. The summed E-state index contributed by atoms with van der Waals surface area (Å²) in [5, 5.41) is 8.07. The van der Waals surface area contributed by atoms with Crippen LogP contribution in [0.1, 0.15) is 17.0 Å². The van der Waals surface area contributed by atoms with Gasteiger partial charge in [-0.3, -0.25) is 4.90 Å². The fourth-order valence-electron chi connectivity index (χ4n) is 2.35. The number of benzene rings is 1. The molecule has 1 aromatic carbocycles. The van der Waals surface area contributed by atoms with Crippen molar-refractivity contribution in [3.63, 3.8) is 0 Å². The summed E-state index contributed by atoms with van der Waals surface area (Å²) < 4.78 is 2.12. The molecule has 1 aliphatic heterocycles. The molecule has 2 N–H and O–H groups in total. The Morgan fingerprint density at radius 3 is 3.06 bits per heavy atom. The first-order valence-electron chi connectivity index (χ1n) is 6.16. The first-order chi connectivity index (χ1) is 8.72. The summed E-state index contributed by atoms with van der Waals surface area (Å²) in [4.78, 5) is 2.38. The van der Waals surface area contributed by atoms with Gasteiger partial charge >= 0.3 is 0 Å². The van der Waals surface area contributed by atoms with Gasteiger partial charge in [0.2, 0.25) is 0 Å². The van der Waals surface area contributed by atoms with E-state index in [1.54, 1.807) is 6.33 Å². The van der Waals surface area contributed by atoms with Crippen molar-refractivity contribution in [2.45, 2.75) is 26.6 Å². The number of fused-ring (bicyclic) bond motifs is 1. The third kappa shape index (κ3) is 2.09. The minimum Gasteiger partial charge on any atom is -0.399 e. The van der Waals surface area contributed by atoms with Crippen LogP contribution in [0.2, 0.25) is 0 Å². The maximum atomic E-state index is 5.84. The second kappa shape index (κ2) is 4.42. The Hall–Kier alpha value is -1.88. The molecule has 5 nitrogen and oxygen atoms in total. The van der Waals surface area contributed by atoms with Crippen LogP contribution in [-0.2, 0) is 19.6 Å². The minimum atomic E-state index is 0.858. The number of nitrogen functional groups attached to an aromatic ring is 1. The Morgan fingerprint density at radius 1 is 1.33 bits per heavy atom. The minimum absolute atomic E-state index is 0.858. The van der Waals surface area contributed by atoms with Gasteiger partial charge in [-0.2, -0.15) is 0 Å². The fourth-order valence-corrected chi connectivity index (χ4v) is 2.35. The molecule has 94 valence electrons. The Balaban J connectivity index is 1.72. The zero-order valence-electron chi connectivity index (χ0n) is 10.5. The molecular formula is C13H17N5. The third-order valence-corrected chi connectivity index (χ3v) is 3.46. The summed E-state index contributed by atoms with van der Waals surface area (Å²) in [6.45, 7) is 5.85. The molecule has 1 aromatic heterocycles. The van der Waals surface area contributed by atoms with Gasteiger partial charge in [-0.1, -0.05) is 12.1 Å². The summed E-state index contributed by atoms with van der Waals surface area (Å²) in [6.07, 6.45) is 1.81. The number of hydrogen-bond donors (Lipinski definition) is 1. The van der Waals surface area contributed by atoms with Crippen LogP contribution in [0.3, 0.4) is 0 Å². The van der Waals surface area contributed by atoms with Crippen molar-refractivity contribution in [1.29, 1.82) is 0 Å². The lowest BCUT2D eigenvalue weighted by atomic mass is 10.1. The summed E-state index contributed by atoms with van der Waals surface area (Å²) in [7, 11) is 0. The van der Waals surface area contributed by atoms with Crippen molar-refractivity contribution in [3.8, 4) is 0 Å². The lowest BCUT2D eigenvalue weighted by Gasteiger charge is -2.27. The van der Waals surface area contributed by atoms with Gasteiger partial charge in [0, 0.05) is 25.3 Å². The molecule has 0 saturated carbocycles. The number of nitrogens with zero attached hydrogens (tertiary/aromatic N) is 4. The van der Waals surface area contributed by atoms with Crippen LogP contribution in [0.25, 0.3) is 0 Å². The highest BCUT2D eigenvalue weighted by Gasteiger charge is 2.17. The van der Waals surface area contributed by atoms with Gasteiger partial charge in [0.1, 0.15) is 12.2 Å². The quantitative estimate of drug-likeness (QED) is 0.805. The highest BCUT2D eigenvalue weighted by atomic mass is 15.3. The van der Waals surface area contributed by atoms with E-state index in [1.165, 1.54) is 5.56 Å². The molecule has 2 aromatic rings. The molecule has 0 aliphatic carbocycles. The molecule has 0 fully saturated rings. The van der Waals surface area contributed by atoms with Crippen molar-refractivity contribution in [1.82, 2.24) is 19.7 Å². The Bertz CT molecular complexity index is 560. The standard InChI is InChI=1S/C13H17N5/c1-10-6-11(2-3-12(10)14)7-17-4-5-18-9-15-16-13(18)8-17/h2-3,6,9H,4-5,7-8,14H2,1H3. The number of hydrogen-bond acceptors (Lipinski definition) is 4. The third-order valence-electron chi connectivity index (χ3n) is 3.46. The zero-order valence-corrected chi connectivity index (χ0v) is 10.5. The molecule has 2 heterocycles. The molecule has 3 rings (SSSR count). The molecule has 0 unspecified atom stereocenters. The Morgan fingerprint density at radius 2 is 2.22 bits per heavy atom. The van der Waals surface area contributed by atoms with E-state index >= 15 is 0 Å². The van der Waals surface area contributed by atoms with Gasteiger partial charge in [-0.15, -0.1) is 10.2 Å². The summed E-state index contributed by atoms with van der Waals surface area (Å²) in [5.74, 6) is 1.05. The lowest BCUT2D eigenvalue weighted by molar-refractivity contribution is 0.209. The van der Waals surface area contributed by atoms with Gasteiger partial charge in [-0.05, 0) is 24.1 Å². The van der Waals surface area contributed by atoms with E-state index in [9.17, 15) is 0 Å².